The van der Waals surface area contributed by atoms with Crippen LogP contribution in [-0.4, -0.2) is 35.1 Å². The maximum absolute atomic E-state index is 13.2. The standard InChI is InChI=1S/C23H23BrClN3O4/c1-5-13(2)21-27-19-8-7-16(24)11-17(19)22(29)28(21)26-12-15-6-9-20(18(25)10-15)32-14(3)23(30)31-4/h6-14H,5H2,1-4H3/t13-,14-/m0/s1. The number of rotatable bonds is 7. The van der Waals surface area contributed by atoms with E-state index in [1.54, 1.807) is 31.2 Å². The van der Waals surface area contributed by atoms with E-state index in [9.17, 15) is 9.59 Å². The van der Waals surface area contributed by atoms with Crippen LogP contribution in [0.3, 0.4) is 0 Å². The molecule has 0 saturated carbocycles. The van der Waals surface area contributed by atoms with E-state index in [4.69, 9.17) is 16.3 Å². The molecule has 0 spiro atoms. The van der Waals surface area contributed by atoms with E-state index in [0.717, 1.165) is 10.9 Å². The van der Waals surface area contributed by atoms with Crippen LogP contribution in [0, 0.1) is 0 Å². The predicted molar refractivity (Wildman–Crippen MR) is 129 cm³/mol. The summed E-state index contributed by atoms with van der Waals surface area (Å²) < 4.78 is 12.3. The van der Waals surface area contributed by atoms with Gasteiger partial charge in [0.05, 0.1) is 29.2 Å². The summed E-state index contributed by atoms with van der Waals surface area (Å²) in [6, 6.07) is 10.4. The molecule has 32 heavy (non-hydrogen) atoms. The van der Waals surface area contributed by atoms with Gasteiger partial charge in [-0.2, -0.15) is 9.78 Å². The number of carbonyl (C=O) groups is 1. The van der Waals surface area contributed by atoms with Crippen molar-refractivity contribution in [2.45, 2.75) is 39.2 Å². The van der Waals surface area contributed by atoms with Crippen LogP contribution in [0.1, 0.15) is 44.5 Å². The fraction of sp³-hybridized carbons (Fsp3) is 0.304. The van der Waals surface area contributed by atoms with Crippen molar-refractivity contribution in [3.63, 3.8) is 0 Å². The molecule has 2 atom stereocenters. The van der Waals surface area contributed by atoms with E-state index in [1.807, 2.05) is 26.0 Å². The number of nitrogens with zero attached hydrogens (tertiary/aromatic N) is 3. The van der Waals surface area contributed by atoms with Gasteiger partial charge in [-0.15, -0.1) is 0 Å². The molecule has 9 heteroatoms. The molecule has 3 aromatic rings. The fourth-order valence-corrected chi connectivity index (χ4v) is 3.60. The third-order valence-corrected chi connectivity index (χ3v) is 5.79. The SMILES string of the molecule is CC[C@H](C)c1nc2ccc(Br)cc2c(=O)n1N=Cc1ccc(O[C@@H](C)C(=O)OC)c(Cl)c1. The minimum absolute atomic E-state index is 0.0343. The van der Waals surface area contributed by atoms with Gasteiger partial charge in [-0.1, -0.05) is 41.4 Å². The average Bonchev–Trinajstić information content (AvgIpc) is 2.79. The van der Waals surface area contributed by atoms with Gasteiger partial charge >= 0.3 is 5.97 Å². The van der Waals surface area contributed by atoms with Crippen LogP contribution in [-0.2, 0) is 9.53 Å². The largest absolute Gasteiger partial charge is 0.477 e. The second-order valence-electron chi connectivity index (χ2n) is 7.28. The van der Waals surface area contributed by atoms with Gasteiger partial charge in [-0.25, -0.2) is 9.78 Å². The molecule has 0 saturated heterocycles. The van der Waals surface area contributed by atoms with Crippen molar-refractivity contribution in [3.05, 3.63) is 67.6 Å². The number of methoxy groups -OCH3 is 1. The zero-order valence-electron chi connectivity index (χ0n) is 18.1. The van der Waals surface area contributed by atoms with Gasteiger partial charge in [0.15, 0.2) is 6.10 Å². The maximum Gasteiger partial charge on any atom is 0.346 e. The molecule has 0 aliphatic heterocycles. The first-order valence-corrected chi connectivity index (χ1v) is 11.2. The third kappa shape index (κ3) is 5.19. The molecule has 0 amide bonds. The Labute approximate surface area is 199 Å². The number of hydrogen-bond acceptors (Lipinski definition) is 6. The average molecular weight is 521 g/mol. The van der Waals surface area contributed by atoms with Gasteiger partial charge in [0.1, 0.15) is 11.6 Å². The number of fused-ring (bicyclic) bond motifs is 1. The second kappa shape index (κ2) is 10.3. The van der Waals surface area contributed by atoms with E-state index >= 15 is 0 Å². The first kappa shape index (κ1) is 23.9. The summed E-state index contributed by atoms with van der Waals surface area (Å²) in [5.41, 5.74) is 1.04. The molecule has 0 bridgehead atoms. The topological polar surface area (TPSA) is 82.8 Å². The minimum atomic E-state index is -0.795. The summed E-state index contributed by atoms with van der Waals surface area (Å²) >= 11 is 9.71. The van der Waals surface area contributed by atoms with E-state index in [2.05, 4.69) is 30.8 Å². The molecular weight excluding hydrogens is 498 g/mol. The zero-order chi connectivity index (χ0) is 23.4. The van der Waals surface area contributed by atoms with Crippen molar-refractivity contribution in [3.8, 4) is 5.75 Å². The van der Waals surface area contributed by atoms with Crippen LogP contribution in [0.5, 0.6) is 5.75 Å². The molecule has 0 unspecified atom stereocenters. The highest BCUT2D eigenvalue weighted by atomic mass is 79.9. The molecule has 168 valence electrons. The van der Waals surface area contributed by atoms with E-state index < -0.39 is 12.1 Å². The quantitative estimate of drug-likeness (QED) is 0.318. The first-order valence-electron chi connectivity index (χ1n) is 10.1. The molecule has 1 aromatic heterocycles. The van der Waals surface area contributed by atoms with Crippen molar-refractivity contribution in [1.29, 1.82) is 0 Å². The molecule has 2 aromatic carbocycles. The predicted octanol–water partition coefficient (Wildman–Crippen LogP) is 5.15. The number of carbonyl (C=O) groups excluding carboxylic acids is 1. The number of benzene rings is 2. The van der Waals surface area contributed by atoms with Gasteiger partial charge in [0, 0.05) is 10.4 Å². The van der Waals surface area contributed by atoms with Crippen LogP contribution in [0.2, 0.25) is 5.02 Å². The Morgan fingerprint density at radius 1 is 1.28 bits per heavy atom. The molecule has 7 nitrogen and oxygen atoms in total. The van der Waals surface area contributed by atoms with Crippen LogP contribution >= 0.6 is 27.5 Å². The highest BCUT2D eigenvalue weighted by Gasteiger charge is 2.17. The lowest BCUT2D eigenvalue weighted by molar-refractivity contribution is -0.147. The Balaban J connectivity index is 1.99. The Hall–Kier alpha value is -2.71. The lowest BCUT2D eigenvalue weighted by Gasteiger charge is -2.14. The number of esters is 1. The van der Waals surface area contributed by atoms with E-state index in [0.29, 0.717) is 33.1 Å². The Morgan fingerprint density at radius 3 is 2.69 bits per heavy atom. The molecule has 0 aliphatic carbocycles. The van der Waals surface area contributed by atoms with Crippen LogP contribution in [0.4, 0.5) is 0 Å². The summed E-state index contributed by atoms with van der Waals surface area (Å²) in [7, 11) is 1.29. The van der Waals surface area contributed by atoms with Crippen LogP contribution in [0.25, 0.3) is 10.9 Å². The van der Waals surface area contributed by atoms with E-state index in [1.165, 1.54) is 18.0 Å². The normalized spacial score (nSPS) is 13.3. The van der Waals surface area contributed by atoms with Gasteiger partial charge in [-0.3, -0.25) is 4.79 Å². The van der Waals surface area contributed by atoms with Gasteiger partial charge in [0.25, 0.3) is 5.56 Å². The monoisotopic (exact) mass is 519 g/mol. The first-order chi connectivity index (χ1) is 15.2. The Morgan fingerprint density at radius 2 is 2.03 bits per heavy atom. The van der Waals surface area contributed by atoms with Crippen molar-refractivity contribution in [2.75, 3.05) is 7.11 Å². The van der Waals surface area contributed by atoms with Crippen molar-refractivity contribution in [1.82, 2.24) is 9.66 Å². The van der Waals surface area contributed by atoms with Gasteiger partial charge < -0.3 is 9.47 Å². The van der Waals surface area contributed by atoms with Crippen molar-refractivity contribution in [2.24, 2.45) is 5.10 Å². The highest BCUT2D eigenvalue weighted by Crippen LogP contribution is 2.26. The molecular formula is C23H23BrClN3O4. The van der Waals surface area contributed by atoms with Gasteiger partial charge in [0.2, 0.25) is 0 Å². The summed E-state index contributed by atoms with van der Waals surface area (Å²) in [6.07, 6.45) is 1.55. The number of halogens is 2. The smallest absolute Gasteiger partial charge is 0.346 e. The summed E-state index contributed by atoms with van der Waals surface area (Å²) in [5.74, 6) is 0.462. The zero-order valence-corrected chi connectivity index (χ0v) is 20.5. The van der Waals surface area contributed by atoms with Crippen molar-refractivity contribution >= 4 is 50.6 Å². The highest BCUT2D eigenvalue weighted by molar-refractivity contribution is 9.10. The van der Waals surface area contributed by atoms with Crippen LogP contribution < -0.4 is 10.3 Å². The molecule has 0 N–H and O–H groups in total. The number of ether oxygens (including phenoxy) is 2. The molecule has 3 rings (SSSR count). The van der Waals surface area contributed by atoms with Crippen LogP contribution in [0.15, 0.2) is 50.8 Å². The summed E-state index contributed by atoms with van der Waals surface area (Å²) in [6.45, 7) is 5.61. The molecule has 1 heterocycles. The molecule has 0 fully saturated rings. The number of aromatic nitrogens is 2. The second-order valence-corrected chi connectivity index (χ2v) is 8.60. The molecule has 0 radical (unpaired) electrons. The third-order valence-electron chi connectivity index (χ3n) is 5.00. The molecule has 0 aliphatic rings. The Bertz CT molecular complexity index is 1240. The van der Waals surface area contributed by atoms with E-state index in [-0.39, 0.29) is 11.5 Å². The lowest BCUT2D eigenvalue weighted by atomic mass is 10.1. The summed E-state index contributed by atoms with van der Waals surface area (Å²) in [4.78, 5) is 29.4. The van der Waals surface area contributed by atoms with Crippen molar-refractivity contribution < 1.29 is 14.3 Å². The fourth-order valence-electron chi connectivity index (χ4n) is 3.00. The minimum Gasteiger partial charge on any atom is -0.477 e. The lowest BCUT2D eigenvalue weighted by Crippen LogP contribution is -2.25. The van der Waals surface area contributed by atoms with Gasteiger partial charge in [-0.05, 0) is 55.3 Å². The maximum atomic E-state index is 13.2. The summed E-state index contributed by atoms with van der Waals surface area (Å²) in [5, 5.41) is 5.21. The Kier molecular flexibility index (Phi) is 7.69. The number of hydrogen-bond donors (Lipinski definition) is 0.